The molecule has 2 aliphatic heterocycles. The standard InChI is InChI=1S/C21H37N3O3/c1-7-22-19(23-16-15-9-8-12-26-17(15)21(16,5)6)24-11-10-14(13-24)18(25)27-20(2,3)4/h14-17H,7-13H2,1-6H3,(H,22,23). The molecule has 3 rings (SSSR count). The molecule has 4 atom stereocenters. The summed E-state index contributed by atoms with van der Waals surface area (Å²) in [7, 11) is 0. The van der Waals surface area contributed by atoms with Crippen LogP contribution >= 0.6 is 0 Å². The topological polar surface area (TPSA) is 63.2 Å². The van der Waals surface area contributed by atoms with Crippen molar-refractivity contribution >= 4 is 11.9 Å². The Morgan fingerprint density at radius 1 is 1.33 bits per heavy atom. The molecule has 6 nitrogen and oxygen atoms in total. The number of hydrogen-bond acceptors (Lipinski definition) is 4. The second-order valence-electron chi connectivity index (χ2n) is 9.80. The minimum Gasteiger partial charge on any atom is -0.460 e. The first-order valence-electron chi connectivity index (χ1n) is 10.5. The van der Waals surface area contributed by atoms with Gasteiger partial charge in [0.25, 0.3) is 0 Å². The molecule has 0 aromatic heterocycles. The van der Waals surface area contributed by atoms with Crippen LogP contribution in [0.3, 0.4) is 0 Å². The number of carbonyl (C=O) groups excluding carboxylic acids is 1. The van der Waals surface area contributed by atoms with Crippen molar-refractivity contribution in [1.29, 1.82) is 0 Å². The van der Waals surface area contributed by atoms with Crippen molar-refractivity contribution < 1.29 is 14.3 Å². The number of ether oxygens (including phenoxy) is 2. The lowest BCUT2D eigenvalue weighted by Gasteiger charge is -2.60. The summed E-state index contributed by atoms with van der Waals surface area (Å²) >= 11 is 0. The van der Waals surface area contributed by atoms with E-state index >= 15 is 0 Å². The first-order valence-corrected chi connectivity index (χ1v) is 10.5. The Balaban J connectivity index is 1.63. The van der Waals surface area contributed by atoms with Crippen LogP contribution < -0.4 is 5.32 Å². The summed E-state index contributed by atoms with van der Waals surface area (Å²) in [5.74, 6) is 1.32. The molecule has 154 valence electrons. The molecule has 4 unspecified atom stereocenters. The van der Waals surface area contributed by atoms with Crippen LogP contribution in [0.4, 0.5) is 0 Å². The maximum atomic E-state index is 12.4. The van der Waals surface area contributed by atoms with Gasteiger partial charge >= 0.3 is 5.97 Å². The number of nitrogens with zero attached hydrogens (tertiary/aromatic N) is 2. The number of aliphatic imine (C=N–C) groups is 1. The number of nitrogens with one attached hydrogen (secondary N) is 1. The van der Waals surface area contributed by atoms with Gasteiger partial charge in [0.2, 0.25) is 0 Å². The van der Waals surface area contributed by atoms with Crippen molar-refractivity contribution in [2.45, 2.75) is 78.6 Å². The molecule has 1 N–H and O–H groups in total. The molecule has 0 spiro atoms. The van der Waals surface area contributed by atoms with Crippen molar-refractivity contribution in [3.63, 3.8) is 0 Å². The Morgan fingerprint density at radius 2 is 2.07 bits per heavy atom. The quantitative estimate of drug-likeness (QED) is 0.464. The Labute approximate surface area is 164 Å². The Morgan fingerprint density at radius 3 is 2.74 bits per heavy atom. The highest BCUT2D eigenvalue weighted by molar-refractivity contribution is 5.82. The van der Waals surface area contributed by atoms with E-state index in [0.29, 0.717) is 24.6 Å². The number of hydrogen-bond donors (Lipinski definition) is 1. The third kappa shape index (κ3) is 4.25. The van der Waals surface area contributed by atoms with Gasteiger partial charge in [0.1, 0.15) is 5.60 Å². The molecule has 27 heavy (non-hydrogen) atoms. The second-order valence-corrected chi connectivity index (χ2v) is 9.80. The number of rotatable bonds is 3. The van der Waals surface area contributed by atoms with Crippen molar-refractivity contribution in [3.8, 4) is 0 Å². The molecule has 2 heterocycles. The summed E-state index contributed by atoms with van der Waals surface area (Å²) in [5.41, 5.74) is -0.334. The van der Waals surface area contributed by atoms with Crippen molar-refractivity contribution in [2.75, 3.05) is 26.2 Å². The van der Waals surface area contributed by atoms with Gasteiger partial charge in [-0.25, -0.2) is 0 Å². The molecule has 1 aliphatic carbocycles. The zero-order chi connectivity index (χ0) is 19.8. The first-order chi connectivity index (χ1) is 12.6. The first kappa shape index (κ1) is 20.4. The van der Waals surface area contributed by atoms with Crippen molar-refractivity contribution in [3.05, 3.63) is 0 Å². The molecule has 0 amide bonds. The lowest BCUT2D eigenvalue weighted by atomic mass is 9.55. The largest absolute Gasteiger partial charge is 0.460 e. The average molecular weight is 380 g/mol. The molecular formula is C21H37N3O3. The zero-order valence-electron chi connectivity index (χ0n) is 17.9. The number of carbonyl (C=O) groups is 1. The third-order valence-corrected chi connectivity index (χ3v) is 6.15. The van der Waals surface area contributed by atoms with Crippen molar-refractivity contribution in [2.24, 2.45) is 22.2 Å². The van der Waals surface area contributed by atoms with Gasteiger partial charge in [-0.05, 0) is 47.0 Å². The van der Waals surface area contributed by atoms with Crippen LogP contribution in [-0.2, 0) is 14.3 Å². The van der Waals surface area contributed by atoms with E-state index < -0.39 is 5.60 Å². The number of guanidine groups is 1. The molecular weight excluding hydrogens is 342 g/mol. The minimum absolute atomic E-state index is 0.0757. The van der Waals surface area contributed by atoms with E-state index in [-0.39, 0.29) is 17.3 Å². The van der Waals surface area contributed by atoms with E-state index in [0.717, 1.165) is 38.5 Å². The summed E-state index contributed by atoms with van der Waals surface area (Å²) in [6.45, 7) is 15.5. The molecule has 0 aromatic rings. The van der Waals surface area contributed by atoms with E-state index in [1.165, 1.54) is 6.42 Å². The normalized spacial score (nSPS) is 33.3. The highest BCUT2D eigenvalue weighted by Crippen LogP contribution is 2.51. The van der Waals surface area contributed by atoms with Crippen LogP contribution in [-0.4, -0.2) is 60.8 Å². The second kappa shape index (κ2) is 7.61. The maximum absolute atomic E-state index is 12.4. The van der Waals surface area contributed by atoms with E-state index in [4.69, 9.17) is 14.5 Å². The van der Waals surface area contributed by atoms with E-state index in [1.54, 1.807) is 0 Å². The monoisotopic (exact) mass is 379 g/mol. The smallest absolute Gasteiger partial charge is 0.311 e. The van der Waals surface area contributed by atoms with Crippen LogP contribution in [0.5, 0.6) is 0 Å². The summed E-state index contributed by atoms with van der Waals surface area (Å²) < 4.78 is 11.6. The average Bonchev–Trinajstić information content (AvgIpc) is 3.07. The van der Waals surface area contributed by atoms with Gasteiger partial charge in [0, 0.05) is 43.6 Å². The van der Waals surface area contributed by atoms with Gasteiger partial charge < -0.3 is 19.7 Å². The fourth-order valence-electron chi connectivity index (χ4n) is 4.87. The summed E-state index contributed by atoms with van der Waals surface area (Å²) in [6.07, 6.45) is 3.52. The summed E-state index contributed by atoms with van der Waals surface area (Å²) in [6, 6.07) is 0.369. The van der Waals surface area contributed by atoms with E-state index in [9.17, 15) is 4.79 Å². The van der Waals surface area contributed by atoms with Gasteiger partial charge in [-0.15, -0.1) is 0 Å². The number of fused-ring (bicyclic) bond motifs is 1. The lowest BCUT2D eigenvalue weighted by Crippen LogP contribution is -2.71. The van der Waals surface area contributed by atoms with Crippen LogP contribution in [0.25, 0.3) is 0 Å². The van der Waals surface area contributed by atoms with Gasteiger partial charge in [0.15, 0.2) is 5.96 Å². The van der Waals surface area contributed by atoms with Crippen LogP contribution in [0.2, 0.25) is 0 Å². The van der Waals surface area contributed by atoms with Gasteiger partial charge in [0.05, 0.1) is 12.0 Å². The summed E-state index contributed by atoms with van der Waals surface area (Å²) in [5, 5.41) is 3.74. The van der Waals surface area contributed by atoms with Crippen molar-refractivity contribution in [1.82, 2.24) is 10.2 Å². The van der Waals surface area contributed by atoms with Crippen LogP contribution in [0.1, 0.15) is 60.8 Å². The Hall–Kier alpha value is -1.30. The Kier molecular flexibility index (Phi) is 5.76. The molecule has 3 fully saturated rings. The van der Waals surface area contributed by atoms with Gasteiger partial charge in [-0.1, -0.05) is 13.8 Å². The van der Waals surface area contributed by atoms with Gasteiger partial charge in [-0.2, -0.15) is 0 Å². The SMILES string of the molecule is CCN=C(NC1C2CCCOC2C1(C)C)N1CCC(C(=O)OC(C)(C)C)C1. The van der Waals surface area contributed by atoms with E-state index in [2.05, 4.69) is 31.0 Å². The molecule has 0 aromatic carbocycles. The van der Waals surface area contributed by atoms with E-state index in [1.807, 2.05) is 20.8 Å². The highest BCUT2D eigenvalue weighted by Gasteiger charge is 2.58. The molecule has 6 heteroatoms. The third-order valence-electron chi connectivity index (χ3n) is 6.15. The highest BCUT2D eigenvalue weighted by atomic mass is 16.6. The zero-order valence-corrected chi connectivity index (χ0v) is 17.9. The molecule has 1 saturated carbocycles. The number of likely N-dealkylation sites (tertiary alicyclic amines) is 1. The molecule has 2 saturated heterocycles. The predicted octanol–water partition coefficient (Wildman–Crippen LogP) is 2.82. The van der Waals surface area contributed by atoms with Crippen LogP contribution in [0, 0.1) is 17.3 Å². The fraction of sp³-hybridized carbons (Fsp3) is 0.905. The van der Waals surface area contributed by atoms with Crippen LogP contribution in [0.15, 0.2) is 4.99 Å². The predicted molar refractivity (Wildman–Crippen MR) is 107 cm³/mol. The Bertz CT molecular complexity index is 582. The maximum Gasteiger partial charge on any atom is 0.311 e. The van der Waals surface area contributed by atoms with Gasteiger partial charge in [-0.3, -0.25) is 9.79 Å². The number of esters is 1. The minimum atomic E-state index is -0.435. The lowest BCUT2D eigenvalue weighted by molar-refractivity contribution is -0.188. The molecule has 0 radical (unpaired) electrons. The fourth-order valence-corrected chi connectivity index (χ4v) is 4.87. The molecule has 3 aliphatic rings. The molecule has 0 bridgehead atoms. The summed E-state index contributed by atoms with van der Waals surface area (Å²) in [4.78, 5) is 19.4.